The van der Waals surface area contributed by atoms with E-state index in [4.69, 9.17) is 0 Å². The van der Waals surface area contributed by atoms with Gasteiger partial charge in [-0.15, -0.1) is 15.3 Å². The van der Waals surface area contributed by atoms with E-state index in [9.17, 15) is 9.18 Å². The quantitative estimate of drug-likeness (QED) is 0.570. The van der Waals surface area contributed by atoms with Crippen molar-refractivity contribution in [1.29, 1.82) is 0 Å². The fourth-order valence-electron chi connectivity index (χ4n) is 2.66. The molecule has 0 saturated heterocycles. The number of hydrogen-bond acceptors (Lipinski definition) is 5. The van der Waals surface area contributed by atoms with Gasteiger partial charge in [-0.3, -0.25) is 4.79 Å². The average molecular weight is 381 g/mol. The largest absolute Gasteiger partial charge is 0.301 e. The minimum Gasteiger partial charge on any atom is -0.301 e. The molecule has 8 heteroatoms. The summed E-state index contributed by atoms with van der Waals surface area (Å²) in [6.07, 6.45) is 1.02. The maximum absolute atomic E-state index is 13.8. The topological polar surface area (TPSA) is 72.2 Å². The van der Waals surface area contributed by atoms with Gasteiger partial charge < -0.3 is 5.32 Å². The summed E-state index contributed by atoms with van der Waals surface area (Å²) in [5.74, 6) is 0.00518. The molecular formula is C19H16FN5OS. The van der Waals surface area contributed by atoms with Gasteiger partial charge in [-0.05, 0) is 30.5 Å². The molecular weight excluding hydrogens is 365 g/mol. The SMILES string of the molecule is Cc1ccc(-c2nnc3sc(NC(=O)CCc4ccccc4)nn23)cc1F. The average Bonchev–Trinajstić information content (AvgIpc) is 3.23. The van der Waals surface area contributed by atoms with E-state index in [0.29, 0.717) is 39.9 Å². The molecule has 0 bridgehead atoms. The zero-order valence-electron chi connectivity index (χ0n) is 14.5. The molecule has 2 aromatic heterocycles. The van der Waals surface area contributed by atoms with Gasteiger partial charge in [-0.1, -0.05) is 53.8 Å². The second kappa shape index (κ2) is 7.24. The number of fused-ring (bicyclic) bond motifs is 1. The van der Waals surface area contributed by atoms with Gasteiger partial charge in [0.25, 0.3) is 0 Å². The molecule has 0 aliphatic heterocycles. The third-order valence-electron chi connectivity index (χ3n) is 4.15. The second-order valence-corrected chi connectivity index (χ2v) is 7.08. The molecule has 0 radical (unpaired) electrons. The highest BCUT2D eigenvalue weighted by Crippen LogP contribution is 2.25. The second-order valence-electron chi connectivity index (χ2n) is 6.12. The van der Waals surface area contributed by atoms with Gasteiger partial charge in [0.15, 0.2) is 5.82 Å². The van der Waals surface area contributed by atoms with Crippen LogP contribution in [0.4, 0.5) is 9.52 Å². The molecule has 0 spiro atoms. The molecule has 4 aromatic rings. The van der Waals surface area contributed by atoms with Crippen LogP contribution < -0.4 is 5.32 Å². The first kappa shape index (κ1) is 17.3. The highest BCUT2D eigenvalue weighted by molar-refractivity contribution is 7.20. The monoisotopic (exact) mass is 381 g/mol. The number of carbonyl (C=O) groups is 1. The van der Waals surface area contributed by atoms with Gasteiger partial charge >= 0.3 is 0 Å². The maximum atomic E-state index is 13.8. The number of halogens is 1. The Morgan fingerprint density at radius 1 is 1.19 bits per heavy atom. The van der Waals surface area contributed by atoms with Crippen LogP contribution in [0.3, 0.4) is 0 Å². The van der Waals surface area contributed by atoms with Crippen LogP contribution in [0.15, 0.2) is 48.5 Å². The number of aryl methyl sites for hydroxylation is 2. The van der Waals surface area contributed by atoms with Gasteiger partial charge in [0, 0.05) is 12.0 Å². The molecule has 27 heavy (non-hydrogen) atoms. The summed E-state index contributed by atoms with van der Waals surface area (Å²) in [6.45, 7) is 1.70. The van der Waals surface area contributed by atoms with Crippen LogP contribution in [-0.4, -0.2) is 25.7 Å². The molecule has 4 rings (SSSR count). The summed E-state index contributed by atoms with van der Waals surface area (Å²) in [6, 6.07) is 14.7. The normalized spacial score (nSPS) is 11.0. The van der Waals surface area contributed by atoms with E-state index < -0.39 is 0 Å². The van der Waals surface area contributed by atoms with Gasteiger partial charge in [0.1, 0.15) is 5.82 Å². The predicted molar refractivity (Wildman–Crippen MR) is 102 cm³/mol. The lowest BCUT2D eigenvalue weighted by Crippen LogP contribution is -2.12. The molecule has 0 aliphatic carbocycles. The zero-order chi connectivity index (χ0) is 18.8. The first-order valence-electron chi connectivity index (χ1n) is 8.43. The molecule has 0 aliphatic rings. The molecule has 0 atom stereocenters. The Labute approximate surface area is 158 Å². The van der Waals surface area contributed by atoms with Crippen molar-refractivity contribution in [3.8, 4) is 11.4 Å². The van der Waals surface area contributed by atoms with E-state index in [1.54, 1.807) is 19.1 Å². The number of carbonyl (C=O) groups excluding carboxylic acids is 1. The molecule has 2 heterocycles. The molecule has 1 amide bonds. The van der Waals surface area contributed by atoms with Crippen molar-refractivity contribution < 1.29 is 9.18 Å². The van der Waals surface area contributed by atoms with Gasteiger partial charge in [0.05, 0.1) is 0 Å². The summed E-state index contributed by atoms with van der Waals surface area (Å²) in [5, 5.41) is 15.7. The Morgan fingerprint density at radius 2 is 2.00 bits per heavy atom. The van der Waals surface area contributed by atoms with Crippen molar-refractivity contribution in [3.63, 3.8) is 0 Å². The maximum Gasteiger partial charge on any atom is 0.236 e. The lowest BCUT2D eigenvalue weighted by molar-refractivity contribution is -0.116. The summed E-state index contributed by atoms with van der Waals surface area (Å²) in [7, 11) is 0. The van der Waals surface area contributed by atoms with E-state index in [2.05, 4.69) is 20.6 Å². The van der Waals surface area contributed by atoms with Gasteiger partial charge in [-0.25, -0.2) is 4.39 Å². The number of rotatable bonds is 5. The fourth-order valence-corrected chi connectivity index (χ4v) is 3.42. The lowest BCUT2D eigenvalue weighted by Gasteiger charge is -2.02. The van der Waals surface area contributed by atoms with Crippen molar-refractivity contribution in [3.05, 3.63) is 65.5 Å². The number of aromatic nitrogens is 4. The predicted octanol–water partition coefficient (Wildman–Crippen LogP) is 3.87. The number of benzene rings is 2. The number of amides is 1. The molecule has 6 nitrogen and oxygen atoms in total. The van der Waals surface area contributed by atoms with Crippen LogP contribution in [-0.2, 0) is 11.2 Å². The Balaban J connectivity index is 1.50. The van der Waals surface area contributed by atoms with Crippen LogP contribution in [0.25, 0.3) is 16.3 Å². The fraction of sp³-hybridized carbons (Fsp3) is 0.158. The molecule has 1 N–H and O–H groups in total. The van der Waals surface area contributed by atoms with E-state index in [0.717, 1.165) is 5.56 Å². The van der Waals surface area contributed by atoms with Crippen molar-refractivity contribution >= 4 is 27.3 Å². The Morgan fingerprint density at radius 3 is 2.78 bits per heavy atom. The number of nitrogens with zero attached hydrogens (tertiary/aromatic N) is 4. The standard InChI is InChI=1S/C19H16FN5OS/c1-12-7-9-14(11-15(12)20)17-22-23-19-25(17)24-18(27-19)21-16(26)10-8-13-5-3-2-4-6-13/h2-7,9,11H,8,10H2,1H3,(H,21,24,26). The van der Waals surface area contributed by atoms with Crippen LogP contribution in [0, 0.1) is 12.7 Å². The highest BCUT2D eigenvalue weighted by Gasteiger charge is 2.15. The molecule has 0 fully saturated rings. The molecule has 0 saturated carbocycles. The van der Waals surface area contributed by atoms with E-state index in [1.165, 1.54) is 21.9 Å². The summed E-state index contributed by atoms with van der Waals surface area (Å²) < 4.78 is 15.4. The van der Waals surface area contributed by atoms with E-state index >= 15 is 0 Å². The Hall–Kier alpha value is -3.13. The molecule has 136 valence electrons. The van der Waals surface area contributed by atoms with Gasteiger partial charge in [-0.2, -0.15) is 4.52 Å². The molecule has 0 unspecified atom stereocenters. The summed E-state index contributed by atoms with van der Waals surface area (Å²) in [4.78, 5) is 12.7. The third-order valence-corrected chi connectivity index (χ3v) is 4.97. The van der Waals surface area contributed by atoms with Crippen molar-refractivity contribution in [2.24, 2.45) is 0 Å². The van der Waals surface area contributed by atoms with Crippen LogP contribution in [0.1, 0.15) is 17.5 Å². The number of nitrogens with one attached hydrogen (secondary N) is 1. The minimum absolute atomic E-state index is 0.119. The molecule has 2 aromatic carbocycles. The number of hydrogen-bond donors (Lipinski definition) is 1. The Bertz CT molecular complexity index is 1110. The van der Waals surface area contributed by atoms with Crippen molar-refractivity contribution in [2.75, 3.05) is 5.32 Å². The van der Waals surface area contributed by atoms with Crippen molar-refractivity contribution in [1.82, 2.24) is 19.8 Å². The van der Waals surface area contributed by atoms with E-state index in [1.807, 2.05) is 30.3 Å². The first-order valence-corrected chi connectivity index (χ1v) is 9.24. The third kappa shape index (κ3) is 3.70. The van der Waals surface area contributed by atoms with Crippen LogP contribution in [0.2, 0.25) is 0 Å². The van der Waals surface area contributed by atoms with Crippen LogP contribution >= 0.6 is 11.3 Å². The van der Waals surface area contributed by atoms with Crippen molar-refractivity contribution in [2.45, 2.75) is 19.8 Å². The first-order chi connectivity index (χ1) is 13.1. The lowest BCUT2D eigenvalue weighted by atomic mass is 10.1. The highest BCUT2D eigenvalue weighted by atomic mass is 32.1. The summed E-state index contributed by atoms with van der Waals surface area (Å²) >= 11 is 1.22. The zero-order valence-corrected chi connectivity index (χ0v) is 15.3. The van der Waals surface area contributed by atoms with Gasteiger partial charge in [0.2, 0.25) is 16.0 Å². The smallest absolute Gasteiger partial charge is 0.236 e. The Kier molecular flexibility index (Phi) is 4.64. The van der Waals surface area contributed by atoms with Crippen LogP contribution in [0.5, 0.6) is 0 Å². The van der Waals surface area contributed by atoms with E-state index in [-0.39, 0.29) is 11.7 Å². The minimum atomic E-state index is -0.311. The summed E-state index contributed by atoms with van der Waals surface area (Å²) in [5.41, 5.74) is 2.25. The number of anilines is 1.